The SMILES string of the molecule is CC(C)[C@H](N)C(=O)N[C@@H](Cc1ccccc1)C(=O)N[C@@H](CS)C(=O)O. The summed E-state index contributed by atoms with van der Waals surface area (Å²) in [7, 11) is 0. The van der Waals surface area contributed by atoms with Crippen LogP contribution in [0.3, 0.4) is 0 Å². The Morgan fingerprint density at radius 3 is 2.12 bits per heavy atom. The summed E-state index contributed by atoms with van der Waals surface area (Å²) in [6.07, 6.45) is 0.224. The number of amides is 2. The first-order chi connectivity index (χ1) is 11.8. The molecule has 25 heavy (non-hydrogen) atoms. The normalized spacial score (nSPS) is 14.4. The first-order valence-electron chi connectivity index (χ1n) is 8.00. The lowest BCUT2D eigenvalue weighted by atomic mass is 10.0. The zero-order chi connectivity index (χ0) is 19.0. The lowest BCUT2D eigenvalue weighted by molar-refractivity contribution is -0.141. The van der Waals surface area contributed by atoms with Crippen LogP contribution in [0.5, 0.6) is 0 Å². The predicted octanol–water partition coefficient (Wildman–Crippen LogP) is 0.196. The van der Waals surface area contributed by atoms with E-state index in [1.807, 2.05) is 30.3 Å². The van der Waals surface area contributed by atoms with Crippen molar-refractivity contribution < 1.29 is 19.5 Å². The molecule has 1 rings (SSSR count). The van der Waals surface area contributed by atoms with Crippen molar-refractivity contribution in [2.45, 2.75) is 38.4 Å². The van der Waals surface area contributed by atoms with Gasteiger partial charge in [0, 0.05) is 12.2 Å². The predicted molar refractivity (Wildman–Crippen MR) is 98.3 cm³/mol. The maximum atomic E-state index is 12.5. The maximum Gasteiger partial charge on any atom is 0.327 e. The average Bonchev–Trinajstić information content (AvgIpc) is 2.58. The quantitative estimate of drug-likeness (QED) is 0.399. The van der Waals surface area contributed by atoms with E-state index in [0.717, 1.165) is 5.56 Å². The van der Waals surface area contributed by atoms with Crippen molar-refractivity contribution >= 4 is 30.4 Å². The van der Waals surface area contributed by atoms with Gasteiger partial charge in [-0.1, -0.05) is 44.2 Å². The zero-order valence-electron chi connectivity index (χ0n) is 14.3. The van der Waals surface area contributed by atoms with E-state index in [0.29, 0.717) is 0 Å². The number of thiol groups is 1. The van der Waals surface area contributed by atoms with Gasteiger partial charge in [-0.05, 0) is 11.5 Å². The monoisotopic (exact) mass is 367 g/mol. The molecule has 0 unspecified atom stereocenters. The second-order valence-electron chi connectivity index (χ2n) is 6.10. The van der Waals surface area contributed by atoms with Crippen molar-refractivity contribution in [3.8, 4) is 0 Å². The fourth-order valence-electron chi connectivity index (χ4n) is 2.09. The van der Waals surface area contributed by atoms with Gasteiger partial charge in [0.25, 0.3) is 0 Å². The Labute approximate surface area is 152 Å². The summed E-state index contributed by atoms with van der Waals surface area (Å²) in [4.78, 5) is 35.8. The number of nitrogens with one attached hydrogen (secondary N) is 2. The van der Waals surface area contributed by atoms with Crippen molar-refractivity contribution in [1.82, 2.24) is 10.6 Å². The molecule has 7 nitrogen and oxygen atoms in total. The highest BCUT2D eigenvalue weighted by molar-refractivity contribution is 7.80. The molecule has 0 aliphatic rings. The molecule has 0 bridgehead atoms. The van der Waals surface area contributed by atoms with Crippen molar-refractivity contribution in [2.24, 2.45) is 11.7 Å². The molecule has 0 fully saturated rings. The number of carbonyl (C=O) groups is 3. The minimum atomic E-state index is -1.19. The van der Waals surface area contributed by atoms with E-state index >= 15 is 0 Å². The van der Waals surface area contributed by atoms with Gasteiger partial charge in [0.1, 0.15) is 12.1 Å². The highest BCUT2D eigenvalue weighted by Crippen LogP contribution is 2.06. The molecule has 0 aliphatic heterocycles. The molecule has 0 saturated heterocycles. The Morgan fingerprint density at radius 2 is 1.64 bits per heavy atom. The fraction of sp³-hybridized carbons (Fsp3) is 0.471. The minimum Gasteiger partial charge on any atom is -0.480 e. The van der Waals surface area contributed by atoms with Crippen LogP contribution in [0.15, 0.2) is 30.3 Å². The summed E-state index contributed by atoms with van der Waals surface area (Å²) in [6, 6.07) is 6.30. The molecule has 0 saturated carbocycles. The molecular weight excluding hydrogens is 342 g/mol. The summed E-state index contributed by atoms with van der Waals surface area (Å²) in [5, 5.41) is 14.1. The standard InChI is InChI=1S/C17H25N3O4S/c1-10(2)14(18)16(22)19-12(8-11-6-4-3-5-7-11)15(21)20-13(9-25)17(23)24/h3-7,10,12-14,25H,8-9,18H2,1-2H3,(H,19,22)(H,20,21)(H,23,24)/t12-,13-,14-/m0/s1. The molecule has 2 amide bonds. The van der Waals surface area contributed by atoms with Gasteiger partial charge in [0.05, 0.1) is 6.04 Å². The van der Waals surface area contributed by atoms with Gasteiger partial charge < -0.3 is 21.5 Å². The second-order valence-corrected chi connectivity index (χ2v) is 6.47. The summed E-state index contributed by atoms with van der Waals surface area (Å²) >= 11 is 3.92. The zero-order valence-corrected chi connectivity index (χ0v) is 15.2. The Hall–Kier alpha value is -2.06. The van der Waals surface area contributed by atoms with Gasteiger partial charge in [-0.2, -0.15) is 12.6 Å². The van der Waals surface area contributed by atoms with E-state index < -0.39 is 35.9 Å². The first-order valence-corrected chi connectivity index (χ1v) is 8.63. The third-order valence-corrected chi connectivity index (χ3v) is 4.10. The lowest BCUT2D eigenvalue weighted by Gasteiger charge is -2.23. The van der Waals surface area contributed by atoms with Gasteiger partial charge in [0.15, 0.2) is 0 Å². The van der Waals surface area contributed by atoms with Crippen LogP contribution in [0.4, 0.5) is 0 Å². The van der Waals surface area contributed by atoms with Crippen LogP contribution in [-0.4, -0.2) is 46.8 Å². The minimum absolute atomic E-state index is 0.0570. The Morgan fingerprint density at radius 1 is 1.08 bits per heavy atom. The Kier molecular flexibility index (Phi) is 8.44. The molecule has 3 atom stereocenters. The van der Waals surface area contributed by atoms with Crippen LogP contribution < -0.4 is 16.4 Å². The van der Waals surface area contributed by atoms with Crippen LogP contribution in [0, 0.1) is 5.92 Å². The number of carbonyl (C=O) groups excluding carboxylic acids is 2. The van der Waals surface area contributed by atoms with Gasteiger partial charge in [-0.15, -0.1) is 0 Å². The number of aliphatic carboxylic acids is 1. The third kappa shape index (κ3) is 6.75. The van der Waals surface area contributed by atoms with Gasteiger partial charge in [-0.25, -0.2) is 4.79 Å². The van der Waals surface area contributed by atoms with Crippen LogP contribution in [0.1, 0.15) is 19.4 Å². The topological polar surface area (TPSA) is 122 Å². The molecule has 1 aromatic carbocycles. The Balaban J connectivity index is 2.91. The molecule has 8 heteroatoms. The molecule has 0 radical (unpaired) electrons. The summed E-state index contributed by atoms with van der Waals surface area (Å²) < 4.78 is 0. The number of carboxylic acids is 1. The van der Waals surface area contributed by atoms with Crippen LogP contribution in [0.25, 0.3) is 0 Å². The molecule has 5 N–H and O–H groups in total. The second kappa shape index (κ2) is 10.0. The van der Waals surface area contributed by atoms with Crippen molar-refractivity contribution in [3.05, 3.63) is 35.9 Å². The van der Waals surface area contributed by atoms with Crippen LogP contribution >= 0.6 is 12.6 Å². The summed E-state index contributed by atoms with van der Waals surface area (Å²) in [5.41, 5.74) is 6.66. The largest absolute Gasteiger partial charge is 0.480 e. The molecular formula is C17H25N3O4S. The number of hydrogen-bond acceptors (Lipinski definition) is 5. The number of carboxylic acid groups (broad SMARTS) is 1. The molecule has 1 aromatic rings. The summed E-state index contributed by atoms with van der Waals surface area (Å²) in [5.74, 6) is -2.38. The van der Waals surface area contributed by atoms with E-state index in [1.165, 1.54) is 0 Å². The number of nitrogens with two attached hydrogens (primary N) is 1. The fourth-order valence-corrected chi connectivity index (χ4v) is 2.34. The van der Waals surface area contributed by atoms with Crippen LogP contribution in [-0.2, 0) is 20.8 Å². The summed E-state index contributed by atoms with van der Waals surface area (Å²) in [6.45, 7) is 3.61. The molecule has 0 spiro atoms. The highest BCUT2D eigenvalue weighted by Gasteiger charge is 2.28. The number of rotatable bonds is 9. The molecule has 0 aromatic heterocycles. The highest BCUT2D eigenvalue weighted by atomic mass is 32.1. The van der Waals surface area contributed by atoms with Crippen molar-refractivity contribution in [2.75, 3.05) is 5.75 Å². The maximum absolute atomic E-state index is 12.5. The van der Waals surface area contributed by atoms with Gasteiger partial charge in [-0.3, -0.25) is 9.59 Å². The van der Waals surface area contributed by atoms with Crippen molar-refractivity contribution in [1.29, 1.82) is 0 Å². The molecule has 0 aliphatic carbocycles. The molecule has 0 heterocycles. The van der Waals surface area contributed by atoms with Crippen LogP contribution in [0.2, 0.25) is 0 Å². The number of benzene rings is 1. The van der Waals surface area contributed by atoms with Crippen molar-refractivity contribution in [3.63, 3.8) is 0 Å². The van der Waals surface area contributed by atoms with E-state index in [9.17, 15) is 14.4 Å². The first kappa shape index (κ1) is 21.0. The third-order valence-electron chi connectivity index (χ3n) is 3.73. The Bertz CT molecular complexity index is 595. The van der Waals surface area contributed by atoms with E-state index in [2.05, 4.69) is 23.3 Å². The smallest absolute Gasteiger partial charge is 0.327 e. The lowest BCUT2D eigenvalue weighted by Crippen LogP contribution is -2.56. The van der Waals surface area contributed by atoms with Gasteiger partial charge in [0.2, 0.25) is 11.8 Å². The van der Waals surface area contributed by atoms with Gasteiger partial charge >= 0.3 is 5.97 Å². The van der Waals surface area contributed by atoms with E-state index in [1.54, 1.807) is 13.8 Å². The molecule has 138 valence electrons. The average molecular weight is 367 g/mol. The number of hydrogen-bond donors (Lipinski definition) is 5. The van der Waals surface area contributed by atoms with E-state index in [-0.39, 0.29) is 18.1 Å². The van der Waals surface area contributed by atoms with E-state index in [4.69, 9.17) is 10.8 Å².